The number of nitro benzene ring substituents is 2. The maximum atomic E-state index is 13.3. The smallest absolute Gasteiger partial charge is 0.318 e. The van der Waals surface area contributed by atoms with E-state index in [9.17, 15) is 29.8 Å². The van der Waals surface area contributed by atoms with E-state index in [1.54, 1.807) is 31.2 Å². The number of nitro groups is 2. The Morgan fingerprint density at radius 2 is 1.54 bits per heavy atom. The predicted octanol–water partition coefficient (Wildman–Crippen LogP) is 7.11. The molecule has 0 unspecified atom stereocenters. The summed E-state index contributed by atoms with van der Waals surface area (Å²) in [4.78, 5) is 49.7. The lowest BCUT2D eigenvalue weighted by Crippen LogP contribution is -2.33. The summed E-state index contributed by atoms with van der Waals surface area (Å²) in [6.07, 6.45) is 2.84. The highest BCUT2D eigenvalue weighted by molar-refractivity contribution is 6.34. The van der Waals surface area contributed by atoms with Gasteiger partial charge in [-0.3, -0.25) is 29.8 Å². The van der Waals surface area contributed by atoms with Crippen molar-refractivity contribution in [2.24, 2.45) is 5.10 Å². The molecule has 0 bridgehead atoms. The van der Waals surface area contributed by atoms with Crippen molar-refractivity contribution in [3.63, 3.8) is 0 Å². The van der Waals surface area contributed by atoms with Gasteiger partial charge in [0.15, 0.2) is 11.5 Å². The number of anilines is 1. The second kappa shape index (κ2) is 17.2. The first-order valence-electron chi connectivity index (χ1n) is 15.4. The van der Waals surface area contributed by atoms with Crippen LogP contribution in [0.5, 0.6) is 17.2 Å². The van der Waals surface area contributed by atoms with Gasteiger partial charge in [0.2, 0.25) is 5.75 Å². The van der Waals surface area contributed by atoms with E-state index in [0.717, 1.165) is 37.0 Å². The van der Waals surface area contributed by atoms with Gasteiger partial charge in [-0.25, -0.2) is 5.43 Å². The topological polar surface area (TPSA) is 179 Å². The average molecular weight is 701 g/mol. The number of nitrogens with one attached hydrogen (secondary N) is 2. The molecule has 15 heteroatoms. The van der Waals surface area contributed by atoms with E-state index in [1.165, 1.54) is 30.5 Å². The Hall–Kier alpha value is -6.28. The van der Waals surface area contributed by atoms with Gasteiger partial charge in [0.25, 0.3) is 17.5 Å². The van der Waals surface area contributed by atoms with Crippen LogP contribution >= 0.6 is 11.6 Å². The minimum absolute atomic E-state index is 0.0916. The number of benzene rings is 4. The molecule has 14 nitrogen and oxygen atoms in total. The highest BCUT2D eigenvalue weighted by atomic mass is 35.5. The number of amides is 2. The standard InChI is InChI=1S/C35H33ClN6O8/c1-4-40(5-2)25-14-11-23(12-15-25)19-29(38-34(43)27-9-7-8-10-28(27)36)35(44)39-37-22-24-13-17-32(33(20-24)49-6-3)50-31-18-16-26(41(45)46)21-30(31)42(47)48/h7-22H,4-6H2,1-3H3,(H,38,43)(H,39,44)/b29-19+,37-22-. The Morgan fingerprint density at radius 1 is 0.860 bits per heavy atom. The van der Waals surface area contributed by atoms with E-state index < -0.39 is 33.0 Å². The second-order valence-corrected chi connectivity index (χ2v) is 10.8. The minimum Gasteiger partial charge on any atom is -0.490 e. The first-order chi connectivity index (χ1) is 24.0. The fraction of sp³-hybridized carbons (Fsp3) is 0.171. The number of rotatable bonds is 15. The van der Waals surface area contributed by atoms with Crippen molar-refractivity contribution in [2.75, 3.05) is 24.6 Å². The minimum atomic E-state index is -0.784. The number of hydrogen-bond donors (Lipinski definition) is 2. The Kier molecular flexibility index (Phi) is 12.6. The van der Waals surface area contributed by atoms with E-state index in [1.807, 2.05) is 24.3 Å². The second-order valence-electron chi connectivity index (χ2n) is 10.4. The van der Waals surface area contributed by atoms with Crippen molar-refractivity contribution in [3.8, 4) is 17.2 Å². The van der Waals surface area contributed by atoms with Crippen molar-refractivity contribution >= 4 is 52.8 Å². The van der Waals surface area contributed by atoms with Gasteiger partial charge in [-0.2, -0.15) is 5.10 Å². The molecule has 0 atom stereocenters. The third kappa shape index (κ3) is 9.41. The van der Waals surface area contributed by atoms with Crippen LogP contribution in [-0.4, -0.2) is 47.6 Å². The maximum Gasteiger partial charge on any atom is 0.318 e. The number of non-ortho nitro benzene ring substituents is 1. The number of ether oxygens (including phenoxy) is 2. The summed E-state index contributed by atoms with van der Waals surface area (Å²) < 4.78 is 11.4. The molecule has 0 aliphatic carbocycles. The van der Waals surface area contributed by atoms with Crippen molar-refractivity contribution in [3.05, 3.63) is 133 Å². The zero-order valence-corrected chi connectivity index (χ0v) is 28.0. The molecule has 0 saturated heterocycles. The molecule has 0 spiro atoms. The number of hydrazone groups is 1. The summed E-state index contributed by atoms with van der Waals surface area (Å²) in [6, 6.07) is 21.5. The molecule has 2 N–H and O–H groups in total. The SMILES string of the molecule is CCOc1cc(/C=N\NC(=O)/C(=C\c2ccc(N(CC)CC)cc2)NC(=O)c2ccccc2Cl)ccc1Oc1ccc([N+](=O)[O-])cc1[N+](=O)[O-]. The van der Waals surface area contributed by atoms with Crippen LogP contribution in [0.1, 0.15) is 42.3 Å². The molecule has 0 fully saturated rings. The lowest BCUT2D eigenvalue weighted by atomic mass is 10.1. The quantitative estimate of drug-likeness (QED) is 0.0565. The molecule has 0 aliphatic rings. The van der Waals surface area contributed by atoms with Crippen LogP contribution in [0.2, 0.25) is 5.02 Å². The van der Waals surface area contributed by atoms with Crippen molar-refractivity contribution in [2.45, 2.75) is 20.8 Å². The van der Waals surface area contributed by atoms with Crippen LogP contribution < -0.4 is 25.1 Å². The number of carbonyl (C=O) groups is 2. The highest BCUT2D eigenvalue weighted by Gasteiger charge is 2.22. The van der Waals surface area contributed by atoms with Gasteiger partial charge < -0.3 is 19.7 Å². The lowest BCUT2D eigenvalue weighted by molar-refractivity contribution is -0.394. The Bertz CT molecular complexity index is 1940. The third-order valence-corrected chi connectivity index (χ3v) is 7.49. The van der Waals surface area contributed by atoms with Gasteiger partial charge in [-0.05, 0) is 86.5 Å². The predicted molar refractivity (Wildman–Crippen MR) is 190 cm³/mol. The third-order valence-electron chi connectivity index (χ3n) is 7.16. The number of carbonyl (C=O) groups excluding carboxylic acids is 2. The molecular weight excluding hydrogens is 668 g/mol. The Balaban J connectivity index is 1.57. The van der Waals surface area contributed by atoms with Crippen LogP contribution in [0.25, 0.3) is 6.08 Å². The van der Waals surface area contributed by atoms with Crippen LogP contribution in [-0.2, 0) is 4.79 Å². The normalized spacial score (nSPS) is 11.2. The molecule has 50 heavy (non-hydrogen) atoms. The van der Waals surface area contributed by atoms with Crippen molar-refractivity contribution in [1.82, 2.24) is 10.7 Å². The first-order valence-corrected chi connectivity index (χ1v) is 15.8. The Morgan fingerprint density at radius 3 is 2.18 bits per heavy atom. The molecule has 258 valence electrons. The number of nitrogens with zero attached hydrogens (tertiary/aromatic N) is 4. The van der Waals surface area contributed by atoms with E-state index in [4.69, 9.17) is 21.1 Å². The first kappa shape index (κ1) is 36.6. The molecule has 4 aromatic carbocycles. The highest BCUT2D eigenvalue weighted by Crippen LogP contribution is 2.38. The summed E-state index contributed by atoms with van der Waals surface area (Å²) in [5, 5.41) is 29.5. The van der Waals surface area contributed by atoms with Crippen molar-refractivity contribution < 1.29 is 28.9 Å². The van der Waals surface area contributed by atoms with Gasteiger partial charge in [-0.1, -0.05) is 35.9 Å². The van der Waals surface area contributed by atoms with Crippen LogP contribution in [0.4, 0.5) is 17.1 Å². The summed E-state index contributed by atoms with van der Waals surface area (Å²) in [5.74, 6) is -1.24. The number of halogens is 1. The van der Waals surface area contributed by atoms with Crippen molar-refractivity contribution in [1.29, 1.82) is 0 Å². The molecule has 0 radical (unpaired) electrons. The monoisotopic (exact) mass is 700 g/mol. The van der Waals surface area contributed by atoms with Gasteiger partial charge in [-0.15, -0.1) is 0 Å². The fourth-order valence-corrected chi connectivity index (χ4v) is 4.90. The van der Waals surface area contributed by atoms with E-state index >= 15 is 0 Å². The van der Waals surface area contributed by atoms with E-state index in [-0.39, 0.29) is 40.1 Å². The average Bonchev–Trinajstić information content (AvgIpc) is 3.10. The maximum absolute atomic E-state index is 13.3. The zero-order valence-electron chi connectivity index (χ0n) is 27.3. The molecule has 0 aromatic heterocycles. The largest absolute Gasteiger partial charge is 0.490 e. The Labute approximate surface area is 292 Å². The molecule has 4 aromatic rings. The summed E-state index contributed by atoms with van der Waals surface area (Å²) in [5.41, 5.74) is 3.56. The van der Waals surface area contributed by atoms with Gasteiger partial charge >= 0.3 is 5.69 Å². The summed E-state index contributed by atoms with van der Waals surface area (Å²) in [7, 11) is 0. The van der Waals surface area contributed by atoms with E-state index in [0.29, 0.717) is 11.1 Å². The van der Waals surface area contributed by atoms with Gasteiger partial charge in [0.05, 0.1) is 39.3 Å². The zero-order chi connectivity index (χ0) is 36.2. The molecule has 4 rings (SSSR count). The fourth-order valence-electron chi connectivity index (χ4n) is 4.68. The van der Waals surface area contributed by atoms with Crippen LogP contribution in [0, 0.1) is 20.2 Å². The molecule has 0 saturated carbocycles. The van der Waals surface area contributed by atoms with Crippen LogP contribution in [0.3, 0.4) is 0 Å². The molecular formula is C35H33ClN6O8. The van der Waals surface area contributed by atoms with Crippen LogP contribution in [0.15, 0.2) is 95.7 Å². The van der Waals surface area contributed by atoms with E-state index in [2.05, 4.69) is 34.6 Å². The van der Waals surface area contributed by atoms with Gasteiger partial charge in [0, 0.05) is 24.8 Å². The molecule has 2 amide bonds. The van der Waals surface area contributed by atoms with Gasteiger partial charge in [0.1, 0.15) is 5.70 Å². The summed E-state index contributed by atoms with van der Waals surface area (Å²) in [6.45, 7) is 7.71. The number of hydrogen-bond acceptors (Lipinski definition) is 10. The molecule has 0 heterocycles. The summed E-state index contributed by atoms with van der Waals surface area (Å²) >= 11 is 6.22. The lowest BCUT2D eigenvalue weighted by Gasteiger charge is -2.21. The molecule has 0 aliphatic heterocycles.